The Morgan fingerprint density at radius 3 is 2.56 bits per heavy atom. The van der Waals surface area contributed by atoms with Crippen molar-refractivity contribution in [1.29, 1.82) is 0 Å². The van der Waals surface area contributed by atoms with Gasteiger partial charge in [0.2, 0.25) is 0 Å². The van der Waals surface area contributed by atoms with E-state index < -0.39 is 0 Å². The van der Waals surface area contributed by atoms with E-state index >= 15 is 0 Å². The van der Waals surface area contributed by atoms with Crippen molar-refractivity contribution in [1.82, 2.24) is 5.32 Å². The molecule has 3 atom stereocenters. The number of nitrogens with one attached hydrogen (secondary N) is 1. The number of methoxy groups -OCH3 is 1. The summed E-state index contributed by atoms with van der Waals surface area (Å²) < 4.78 is 10.2. The zero-order valence-electron chi connectivity index (χ0n) is 10.7. The van der Waals surface area contributed by atoms with Crippen molar-refractivity contribution in [3.63, 3.8) is 0 Å². The number of carbonyl (C=O) groups excluding carboxylic acids is 1. The van der Waals surface area contributed by atoms with Gasteiger partial charge in [-0.15, -0.1) is 0 Å². The molecule has 1 aliphatic rings. The van der Waals surface area contributed by atoms with Crippen LogP contribution in [-0.4, -0.2) is 38.4 Å². The number of ether oxygens (including phenoxy) is 2. The molecular formula is C12H23NO3. The third kappa shape index (κ3) is 3.46. The Bertz CT molecular complexity index is 224. The van der Waals surface area contributed by atoms with Gasteiger partial charge >= 0.3 is 5.97 Å². The number of rotatable bonds is 5. The van der Waals surface area contributed by atoms with Gasteiger partial charge in [0.25, 0.3) is 0 Å². The Morgan fingerprint density at radius 1 is 1.44 bits per heavy atom. The normalized spacial score (nSPS) is 24.4. The van der Waals surface area contributed by atoms with E-state index in [1.54, 1.807) is 0 Å². The number of hydrogen-bond donors (Lipinski definition) is 1. The van der Waals surface area contributed by atoms with Crippen LogP contribution >= 0.6 is 0 Å². The third-order valence-electron chi connectivity index (χ3n) is 3.24. The van der Waals surface area contributed by atoms with Gasteiger partial charge in [-0.1, -0.05) is 13.8 Å². The van der Waals surface area contributed by atoms with Gasteiger partial charge in [-0.2, -0.15) is 0 Å². The fraction of sp³-hybridized carbons (Fsp3) is 0.917. The van der Waals surface area contributed by atoms with Crippen LogP contribution in [0.15, 0.2) is 0 Å². The van der Waals surface area contributed by atoms with Crippen LogP contribution in [0.25, 0.3) is 0 Å². The van der Waals surface area contributed by atoms with Crippen LogP contribution in [-0.2, 0) is 14.3 Å². The molecule has 0 radical (unpaired) electrons. The van der Waals surface area contributed by atoms with Crippen LogP contribution in [0.3, 0.4) is 0 Å². The Balaban J connectivity index is 2.50. The predicted octanol–water partition coefficient (Wildman–Crippen LogP) is 1.20. The molecule has 1 fully saturated rings. The fourth-order valence-corrected chi connectivity index (χ4v) is 2.03. The highest BCUT2D eigenvalue weighted by atomic mass is 16.5. The van der Waals surface area contributed by atoms with Gasteiger partial charge in [-0.05, 0) is 25.2 Å². The van der Waals surface area contributed by atoms with E-state index in [2.05, 4.69) is 12.2 Å². The van der Waals surface area contributed by atoms with E-state index in [-0.39, 0.29) is 24.0 Å². The monoisotopic (exact) mass is 229 g/mol. The molecule has 0 aromatic heterocycles. The number of hydrogen-bond acceptors (Lipinski definition) is 4. The molecule has 16 heavy (non-hydrogen) atoms. The third-order valence-corrected chi connectivity index (χ3v) is 3.24. The van der Waals surface area contributed by atoms with Crippen molar-refractivity contribution >= 4 is 5.97 Å². The average Bonchev–Trinajstić information content (AvgIpc) is 2.77. The molecule has 4 nitrogen and oxygen atoms in total. The van der Waals surface area contributed by atoms with E-state index in [1.807, 2.05) is 13.8 Å². The Labute approximate surface area is 97.7 Å². The standard InChI is InChI=1S/C12H23NO3/c1-8(2)11(12(14)15-4)13-9(3)10-5-6-16-7-10/h8-11,13H,5-7H2,1-4H3. The first-order valence-corrected chi connectivity index (χ1v) is 5.98. The summed E-state index contributed by atoms with van der Waals surface area (Å²) in [5, 5.41) is 3.35. The van der Waals surface area contributed by atoms with E-state index in [1.165, 1.54) is 7.11 Å². The molecule has 0 amide bonds. The minimum atomic E-state index is -0.222. The summed E-state index contributed by atoms with van der Waals surface area (Å²) in [6, 6.07) is 0.0644. The van der Waals surface area contributed by atoms with Crippen molar-refractivity contribution < 1.29 is 14.3 Å². The molecule has 1 heterocycles. The van der Waals surface area contributed by atoms with E-state index in [9.17, 15) is 4.79 Å². The lowest BCUT2D eigenvalue weighted by Gasteiger charge is -2.27. The fourth-order valence-electron chi connectivity index (χ4n) is 2.03. The molecule has 0 aromatic carbocycles. The van der Waals surface area contributed by atoms with Crippen LogP contribution in [0.1, 0.15) is 27.2 Å². The Kier molecular flexibility index (Phi) is 5.22. The maximum absolute atomic E-state index is 11.6. The van der Waals surface area contributed by atoms with Gasteiger partial charge in [0.15, 0.2) is 0 Å². The van der Waals surface area contributed by atoms with E-state index in [4.69, 9.17) is 9.47 Å². The Morgan fingerprint density at radius 2 is 2.12 bits per heavy atom. The zero-order chi connectivity index (χ0) is 12.1. The summed E-state index contributed by atoms with van der Waals surface area (Å²) >= 11 is 0. The summed E-state index contributed by atoms with van der Waals surface area (Å²) in [5.74, 6) is 0.559. The SMILES string of the molecule is COC(=O)C(NC(C)C1CCOC1)C(C)C. The molecule has 0 aliphatic carbocycles. The molecule has 1 aliphatic heterocycles. The second-order valence-electron chi connectivity index (χ2n) is 4.82. The molecule has 0 aromatic rings. The van der Waals surface area contributed by atoms with Crippen LogP contribution in [0.2, 0.25) is 0 Å². The molecule has 1 rings (SSSR count). The first-order valence-electron chi connectivity index (χ1n) is 5.98. The molecule has 0 bridgehead atoms. The Hall–Kier alpha value is -0.610. The van der Waals surface area contributed by atoms with Gasteiger partial charge in [0, 0.05) is 12.6 Å². The molecule has 1 saturated heterocycles. The minimum Gasteiger partial charge on any atom is -0.468 e. The van der Waals surface area contributed by atoms with Crippen LogP contribution < -0.4 is 5.32 Å². The maximum atomic E-state index is 11.6. The van der Waals surface area contributed by atoms with Crippen molar-refractivity contribution in [3.05, 3.63) is 0 Å². The number of carbonyl (C=O) groups is 1. The lowest BCUT2D eigenvalue weighted by Crippen LogP contribution is -2.48. The van der Waals surface area contributed by atoms with Crippen molar-refractivity contribution in [2.24, 2.45) is 11.8 Å². The quantitative estimate of drug-likeness (QED) is 0.720. The maximum Gasteiger partial charge on any atom is 0.323 e. The summed E-state index contributed by atoms with van der Waals surface area (Å²) in [6.07, 6.45) is 1.07. The molecule has 4 heteroatoms. The van der Waals surface area contributed by atoms with Gasteiger partial charge in [0.05, 0.1) is 13.7 Å². The van der Waals surface area contributed by atoms with Crippen molar-refractivity contribution in [2.45, 2.75) is 39.3 Å². The zero-order valence-corrected chi connectivity index (χ0v) is 10.7. The summed E-state index contributed by atoms with van der Waals surface area (Å²) in [4.78, 5) is 11.6. The second kappa shape index (κ2) is 6.21. The van der Waals surface area contributed by atoms with Crippen LogP contribution in [0.5, 0.6) is 0 Å². The minimum absolute atomic E-state index is 0.180. The second-order valence-corrected chi connectivity index (χ2v) is 4.82. The van der Waals surface area contributed by atoms with Gasteiger partial charge < -0.3 is 14.8 Å². The molecular weight excluding hydrogens is 206 g/mol. The summed E-state index contributed by atoms with van der Waals surface area (Å²) in [6.45, 7) is 7.78. The van der Waals surface area contributed by atoms with E-state index in [0.29, 0.717) is 5.92 Å². The molecule has 3 unspecified atom stereocenters. The summed E-state index contributed by atoms with van der Waals surface area (Å²) in [5.41, 5.74) is 0. The highest BCUT2D eigenvalue weighted by molar-refractivity contribution is 5.75. The molecule has 1 N–H and O–H groups in total. The van der Waals surface area contributed by atoms with Gasteiger partial charge in [-0.3, -0.25) is 4.79 Å². The highest BCUT2D eigenvalue weighted by Gasteiger charge is 2.29. The first-order chi connectivity index (χ1) is 7.56. The van der Waals surface area contributed by atoms with Gasteiger partial charge in [-0.25, -0.2) is 0 Å². The average molecular weight is 229 g/mol. The largest absolute Gasteiger partial charge is 0.468 e. The molecule has 94 valence electrons. The van der Waals surface area contributed by atoms with Crippen molar-refractivity contribution in [3.8, 4) is 0 Å². The smallest absolute Gasteiger partial charge is 0.323 e. The lowest BCUT2D eigenvalue weighted by molar-refractivity contribution is -0.144. The van der Waals surface area contributed by atoms with Crippen LogP contribution in [0.4, 0.5) is 0 Å². The lowest BCUT2D eigenvalue weighted by atomic mass is 9.97. The topological polar surface area (TPSA) is 47.6 Å². The predicted molar refractivity (Wildman–Crippen MR) is 62.2 cm³/mol. The highest BCUT2D eigenvalue weighted by Crippen LogP contribution is 2.18. The van der Waals surface area contributed by atoms with Gasteiger partial charge in [0.1, 0.15) is 6.04 Å². The first kappa shape index (κ1) is 13.5. The molecule has 0 spiro atoms. The van der Waals surface area contributed by atoms with Crippen molar-refractivity contribution in [2.75, 3.05) is 20.3 Å². The number of esters is 1. The molecule has 0 saturated carbocycles. The van der Waals surface area contributed by atoms with E-state index in [0.717, 1.165) is 19.6 Å². The van der Waals surface area contributed by atoms with Crippen LogP contribution in [0, 0.1) is 11.8 Å². The summed E-state index contributed by atoms with van der Waals surface area (Å²) in [7, 11) is 1.43.